The molecule has 0 saturated carbocycles. The van der Waals surface area contributed by atoms with E-state index in [9.17, 15) is 4.79 Å². The molecule has 1 amide bonds. The summed E-state index contributed by atoms with van der Waals surface area (Å²) in [6.45, 7) is 2.60. The molecule has 0 unspecified atom stereocenters. The van der Waals surface area contributed by atoms with E-state index >= 15 is 0 Å². The maximum absolute atomic E-state index is 14.8. The summed E-state index contributed by atoms with van der Waals surface area (Å²) in [5.41, 5.74) is 11.8. The average Bonchev–Trinajstić information content (AvgIpc) is 3.51. The van der Waals surface area contributed by atoms with Gasteiger partial charge in [0.05, 0.1) is 18.0 Å². The van der Waals surface area contributed by atoms with Gasteiger partial charge < -0.3 is 9.47 Å². The molecule has 1 aromatic heterocycles. The summed E-state index contributed by atoms with van der Waals surface area (Å²) in [7, 11) is 2.14. The Balaban J connectivity index is 1.48. The van der Waals surface area contributed by atoms with Gasteiger partial charge in [0.25, 0.3) is 0 Å². The van der Waals surface area contributed by atoms with E-state index in [1.165, 1.54) is 16.3 Å². The normalized spacial score (nSPS) is 14.4. The molecule has 0 saturated heterocycles. The number of hydrogen-bond acceptors (Lipinski definition) is 1. The molecule has 1 aliphatic heterocycles. The van der Waals surface area contributed by atoms with Crippen LogP contribution in [-0.4, -0.2) is 10.5 Å². The molecule has 0 bridgehead atoms. The first kappa shape index (κ1) is 27.4. The van der Waals surface area contributed by atoms with Gasteiger partial charge in [-0.1, -0.05) is 120 Å². The molecule has 0 N–H and O–H groups in total. The SMILES string of the molecule is Cc1ccc(-c2c([C@@H]3C(=O)N(Cc4ccccc4)c4ccc(Cl)cc43)cc(-c3ccccc3)c3c4ccccc4n(C)c23)cc1. The molecule has 6 aromatic carbocycles. The molecule has 0 spiro atoms. The third kappa shape index (κ3) is 4.46. The second-order valence-electron chi connectivity index (χ2n) is 12.0. The Morgan fingerprint density at radius 1 is 0.711 bits per heavy atom. The molecule has 4 heteroatoms. The lowest BCUT2D eigenvalue weighted by molar-refractivity contribution is -0.118. The van der Waals surface area contributed by atoms with Gasteiger partial charge >= 0.3 is 0 Å². The highest BCUT2D eigenvalue weighted by molar-refractivity contribution is 6.31. The van der Waals surface area contributed by atoms with E-state index in [1.807, 2.05) is 47.4 Å². The van der Waals surface area contributed by atoms with Crippen LogP contribution in [0.1, 0.15) is 28.2 Å². The predicted molar refractivity (Wildman–Crippen MR) is 187 cm³/mol. The number of carbonyl (C=O) groups is 1. The standard InChI is InChI=1S/C41H31ClN2O/c1-26-17-19-29(20-18-26)37-34(39-33-23-30(42)21-22-36(33)44(41(39)45)25-27-11-5-3-6-12-27)24-32(28-13-7-4-8-14-28)38-31-15-9-10-16-35(31)43(2)40(37)38/h3-24,39H,25H2,1-2H3/t39-/m1/s1. The minimum atomic E-state index is -0.524. The third-order valence-corrected chi connectivity index (χ3v) is 9.46. The van der Waals surface area contributed by atoms with E-state index in [2.05, 4.69) is 110 Å². The van der Waals surface area contributed by atoms with Crippen molar-refractivity contribution in [2.45, 2.75) is 19.4 Å². The molecule has 0 fully saturated rings. The van der Waals surface area contributed by atoms with Crippen molar-refractivity contribution in [1.29, 1.82) is 0 Å². The van der Waals surface area contributed by atoms with E-state index in [4.69, 9.17) is 11.6 Å². The van der Waals surface area contributed by atoms with Crippen LogP contribution in [0.25, 0.3) is 44.1 Å². The van der Waals surface area contributed by atoms with Gasteiger partial charge in [0.1, 0.15) is 0 Å². The Morgan fingerprint density at radius 3 is 2.16 bits per heavy atom. The van der Waals surface area contributed by atoms with Gasteiger partial charge in [-0.2, -0.15) is 0 Å². The Labute approximate surface area is 267 Å². The quantitative estimate of drug-likeness (QED) is 0.192. The molecule has 3 nitrogen and oxygen atoms in total. The van der Waals surface area contributed by atoms with Crippen LogP contribution in [-0.2, 0) is 18.4 Å². The summed E-state index contributed by atoms with van der Waals surface area (Å²) in [4.78, 5) is 16.8. The lowest BCUT2D eigenvalue weighted by Crippen LogP contribution is -2.28. The Morgan fingerprint density at radius 2 is 1.40 bits per heavy atom. The zero-order valence-electron chi connectivity index (χ0n) is 25.2. The van der Waals surface area contributed by atoms with Crippen LogP contribution in [0, 0.1) is 6.92 Å². The van der Waals surface area contributed by atoms with E-state index < -0.39 is 5.92 Å². The van der Waals surface area contributed by atoms with E-state index in [-0.39, 0.29) is 5.91 Å². The van der Waals surface area contributed by atoms with Crippen molar-refractivity contribution in [2.24, 2.45) is 7.05 Å². The van der Waals surface area contributed by atoms with Crippen molar-refractivity contribution in [3.63, 3.8) is 0 Å². The number of para-hydroxylation sites is 1. The van der Waals surface area contributed by atoms with Crippen LogP contribution in [0.3, 0.4) is 0 Å². The summed E-state index contributed by atoms with van der Waals surface area (Å²) < 4.78 is 2.30. The summed E-state index contributed by atoms with van der Waals surface area (Å²) in [6.07, 6.45) is 0. The molecule has 218 valence electrons. The maximum atomic E-state index is 14.8. The number of anilines is 1. The van der Waals surface area contributed by atoms with Crippen LogP contribution in [0.5, 0.6) is 0 Å². The van der Waals surface area contributed by atoms with Crippen molar-refractivity contribution >= 4 is 45.0 Å². The van der Waals surface area contributed by atoms with Gasteiger partial charge in [-0.25, -0.2) is 0 Å². The lowest BCUT2D eigenvalue weighted by Gasteiger charge is -2.22. The van der Waals surface area contributed by atoms with Gasteiger partial charge in [-0.05, 0) is 70.6 Å². The zero-order valence-corrected chi connectivity index (χ0v) is 25.9. The predicted octanol–water partition coefficient (Wildman–Crippen LogP) is 10.3. The van der Waals surface area contributed by atoms with Gasteiger partial charge in [0.2, 0.25) is 5.91 Å². The molecule has 7 aromatic rings. The highest BCUT2D eigenvalue weighted by atomic mass is 35.5. The Kier molecular flexibility index (Phi) is 6.58. The van der Waals surface area contributed by atoms with Crippen LogP contribution in [0.4, 0.5) is 5.69 Å². The minimum absolute atomic E-state index is 0.0570. The monoisotopic (exact) mass is 602 g/mol. The molecule has 1 aliphatic rings. The number of benzene rings is 6. The fourth-order valence-electron chi connectivity index (χ4n) is 7.13. The second-order valence-corrected chi connectivity index (χ2v) is 12.4. The average molecular weight is 603 g/mol. The molecule has 1 atom stereocenters. The van der Waals surface area contributed by atoms with Crippen molar-refractivity contribution < 1.29 is 4.79 Å². The topological polar surface area (TPSA) is 25.2 Å². The number of amides is 1. The van der Waals surface area contributed by atoms with Gasteiger partial charge in [-0.3, -0.25) is 4.79 Å². The highest BCUT2D eigenvalue weighted by Gasteiger charge is 2.41. The third-order valence-electron chi connectivity index (χ3n) is 9.23. The van der Waals surface area contributed by atoms with E-state index in [0.717, 1.165) is 55.7 Å². The van der Waals surface area contributed by atoms with Crippen molar-refractivity contribution in [2.75, 3.05) is 4.90 Å². The summed E-state index contributed by atoms with van der Waals surface area (Å²) in [5.74, 6) is -0.467. The number of hydrogen-bond donors (Lipinski definition) is 0. The maximum Gasteiger partial charge on any atom is 0.239 e. The largest absolute Gasteiger partial charge is 0.343 e. The van der Waals surface area contributed by atoms with E-state index in [1.54, 1.807) is 0 Å². The number of halogens is 1. The molecular formula is C41H31ClN2O. The first-order chi connectivity index (χ1) is 22.0. The Bertz CT molecular complexity index is 2230. The number of nitrogens with zero attached hydrogens (tertiary/aromatic N) is 2. The van der Waals surface area contributed by atoms with Crippen LogP contribution < -0.4 is 4.90 Å². The summed E-state index contributed by atoms with van der Waals surface area (Å²) >= 11 is 6.67. The number of rotatable bonds is 5. The fourth-order valence-corrected chi connectivity index (χ4v) is 7.31. The lowest BCUT2D eigenvalue weighted by atomic mass is 9.82. The van der Waals surface area contributed by atoms with Crippen molar-refractivity contribution in [1.82, 2.24) is 4.57 Å². The zero-order chi connectivity index (χ0) is 30.7. The number of aromatic nitrogens is 1. The second kappa shape index (κ2) is 10.8. The van der Waals surface area contributed by atoms with E-state index in [0.29, 0.717) is 11.6 Å². The van der Waals surface area contributed by atoms with Gasteiger partial charge in [-0.15, -0.1) is 0 Å². The number of carbonyl (C=O) groups excluding carboxylic acids is 1. The smallest absolute Gasteiger partial charge is 0.239 e. The van der Waals surface area contributed by atoms with Crippen molar-refractivity contribution in [3.05, 3.63) is 161 Å². The molecule has 45 heavy (non-hydrogen) atoms. The van der Waals surface area contributed by atoms with Crippen LogP contribution >= 0.6 is 11.6 Å². The number of fused-ring (bicyclic) bond motifs is 4. The highest BCUT2D eigenvalue weighted by Crippen LogP contribution is 2.50. The van der Waals surface area contributed by atoms with Crippen LogP contribution in [0.15, 0.2) is 133 Å². The minimum Gasteiger partial charge on any atom is -0.343 e. The Hall–Kier alpha value is -5.12. The molecule has 2 heterocycles. The summed E-state index contributed by atoms with van der Waals surface area (Å²) in [6, 6.07) is 46.1. The van der Waals surface area contributed by atoms with Gasteiger partial charge in [0.15, 0.2) is 0 Å². The first-order valence-electron chi connectivity index (χ1n) is 15.3. The van der Waals surface area contributed by atoms with Gasteiger partial charge in [0, 0.05) is 39.6 Å². The molecule has 8 rings (SSSR count). The first-order valence-corrected chi connectivity index (χ1v) is 15.7. The van der Waals surface area contributed by atoms with Crippen LogP contribution in [0.2, 0.25) is 5.02 Å². The fraction of sp³-hybridized carbons (Fsp3) is 0.0976. The molecule has 0 radical (unpaired) electrons. The molecule has 0 aliphatic carbocycles. The summed E-state index contributed by atoms with van der Waals surface area (Å²) in [5, 5.41) is 3.01. The number of aryl methyl sites for hydroxylation is 2. The van der Waals surface area contributed by atoms with Crippen molar-refractivity contribution in [3.8, 4) is 22.3 Å². The molecular weight excluding hydrogens is 572 g/mol.